The third-order valence-corrected chi connectivity index (χ3v) is 6.32. The van der Waals surface area contributed by atoms with Crippen LogP contribution in [-0.4, -0.2) is 9.67 Å². The number of halogens is 1. The van der Waals surface area contributed by atoms with Gasteiger partial charge >= 0.3 is 0 Å². The van der Waals surface area contributed by atoms with Crippen LogP contribution in [-0.2, 0) is 12.0 Å². The van der Waals surface area contributed by atoms with Crippen LogP contribution in [0.5, 0.6) is 5.75 Å². The second-order valence-electron chi connectivity index (χ2n) is 9.13. The molecule has 1 atom stereocenters. The van der Waals surface area contributed by atoms with Crippen LogP contribution in [0.15, 0.2) is 35.1 Å². The summed E-state index contributed by atoms with van der Waals surface area (Å²) in [7, 11) is 0. The van der Waals surface area contributed by atoms with E-state index in [2.05, 4.69) is 52.8 Å². The van der Waals surface area contributed by atoms with Gasteiger partial charge in [-0.05, 0) is 41.5 Å². The Morgan fingerprint density at radius 3 is 2.45 bits per heavy atom. The smallest absolute Gasteiger partial charge is 0.262 e. The Morgan fingerprint density at radius 1 is 1.10 bits per heavy atom. The number of phenolic OH excluding ortho intramolecular Hbond substituents is 1. The van der Waals surface area contributed by atoms with Crippen molar-refractivity contribution in [2.45, 2.75) is 72.3 Å². The van der Waals surface area contributed by atoms with Gasteiger partial charge in [0.15, 0.2) is 0 Å². The molecule has 1 N–H and O–H groups in total. The normalized spacial score (nSPS) is 13.3. The Bertz CT molecular complexity index is 1090. The Kier molecular flexibility index (Phi) is 6.28. The van der Waals surface area contributed by atoms with Crippen molar-refractivity contribution < 1.29 is 5.11 Å². The number of hydrogen-bond acceptors (Lipinski definition) is 2. The van der Waals surface area contributed by atoms with Crippen LogP contribution < -0.4 is 5.56 Å². The first-order chi connectivity index (χ1) is 13.7. The highest BCUT2D eigenvalue weighted by molar-refractivity contribution is 6.33. The Balaban J connectivity index is 2.35. The summed E-state index contributed by atoms with van der Waals surface area (Å²) in [6, 6.07) is 9.87. The van der Waals surface area contributed by atoms with Gasteiger partial charge in [0, 0.05) is 17.3 Å². The summed E-state index contributed by atoms with van der Waals surface area (Å²) in [5.74, 6) is 0.310. The van der Waals surface area contributed by atoms with Crippen LogP contribution in [0.2, 0.25) is 5.02 Å². The maximum atomic E-state index is 13.5. The minimum atomic E-state index is -0.161. The molecule has 0 aliphatic heterocycles. The topological polar surface area (TPSA) is 42.2 Å². The van der Waals surface area contributed by atoms with E-state index in [1.807, 2.05) is 10.6 Å². The van der Waals surface area contributed by atoms with E-state index in [-0.39, 0.29) is 21.7 Å². The number of pyridine rings is 1. The minimum Gasteiger partial charge on any atom is -0.506 e. The van der Waals surface area contributed by atoms with Gasteiger partial charge in [-0.25, -0.2) is 0 Å². The minimum absolute atomic E-state index is 0.0109. The molecule has 0 amide bonds. The zero-order chi connectivity index (χ0) is 21.3. The molecule has 0 saturated heterocycles. The van der Waals surface area contributed by atoms with Gasteiger partial charge < -0.3 is 9.67 Å². The summed E-state index contributed by atoms with van der Waals surface area (Å²) < 4.78 is 1.85. The van der Waals surface area contributed by atoms with E-state index < -0.39 is 0 Å². The lowest BCUT2D eigenvalue weighted by Gasteiger charge is -2.23. The molecule has 0 spiro atoms. The van der Waals surface area contributed by atoms with E-state index in [1.165, 1.54) is 5.56 Å². The van der Waals surface area contributed by atoms with Gasteiger partial charge in [-0.2, -0.15) is 0 Å². The highest BCUT2D eigenvalue weighted by atomic mass is 35.5. The highest BCUT2D eigenvalue weighted by Crippen LogP contribution is 2.36. The molecule has 3 nitrogen and oxygen atoms in total. The summed E-state index contributed by atoms with van der Waals surface area (Å²) >= 11 is 6.17. The third-order valence-electron chi connectivity index (χ3n) is 6.02. The predicted octanol–water partition coefficient (Wildman–Crippen LogP) is 7.03. The molecule has 1 heterocycles. The highest BCUT2D eigenvalue weighted by Gasteiger charge is 2.20. The first-order valence-corrected chi connectivity index (χ1v) is 11.0. The van der Waals surface area contributed by atoms with Crippen molar-refractivity contribution in [1.29, 1.82) is 0 Å². The summed E-state index contributed by atoms with van der Waals surface area (Å²) in [6.45, 7) is 11.6. The van der Waals surface area contributed by atoms with Crippen LogP contribution in [0.25, 0.3) is 21.7 Å². The number of benzene rings is 2. The second kappa shape index (κ2) is 8.39. The molecule has 1 unspecified atom stereocenters. The number of nitrogens with zero attached hydrogens (tertiary/aromatic N) is 1. The number of aromatic nitrogens is 1. The fraction of sp³-hybridized carbons (Fsp3) is 0.480. The van der Waals surface area contributed by atoms with Crippen LogP contribution >= 0.6 is 11.6 Å². The lowest BCUT2D eigenvalue weighted by atomic mass is 9.85. The standard InChI is InChI=1S/C25H32ClNO2/c1-6-8-9-16(7-2)15-27-21-13-10-17(25(3,4)5)14-19(21)18-11-12-20(26)23(28)22(18)24(27)29/h10-14,16,28H,6-9,15H2,1-5H3. The van der Waals surface area contributed by atoms with Gasteiger partial charge in [-0.15, -0.1) is 0 Å². The fourth-order valence-electron chi connectivity index (χ4n) is 4.06. The maximum absolute atomic E-state index is 13.5. The molecule has 4 heteroatoms. The second-order valence-corrected chi connectivity index (χ2v) is 9.54. The van der Waals surface area contributed by atoms with Crippen molar-refractivity contribution in [3.05, 3.63) is 51.3 Å². The molecule has 3 rings (SSSR count). The summed E-state index contributed by atoms with van der Waals surface area (Å²) in [4.78, 5) is 13.5. The van der Waals surface area contributed by atoms with E-state index >= 15 is 0 Å². The number of fused-ring (bicyclic) bond motifs is 3. The van der Waals surface area contributed by atoms with Crippen LogP contribution in [0.4, 0.5) is 0 Å². The molecule has 0 aliphatic carbocycles. The lowest BCUT2D eigenvalue weighted by Crippen LogP contribution is -2.25. The zero-order valence-corrected chi connectivity index (χ0v) is 18.9. The van der Waals surface area contributed by atoms with Crippen molar-refractivity contribution in [1.82, 2.24) is 4.57 Å². The molecule has 3 aromatic rings. The zero-order valence-electron chi connectivity index (χ0n) is 18.2. The quantitative estimate of drug-likeness (QED) is 0.441. The number of rotatable bonds is 6. The van der Waals surface area contributed by atoms with Gasteiger partial charge in [0.05, 0.1) is 15.9 Å². The molecule has 29 heavy (non-hydrogen) atoms. The van der Waals surface area contributed by atoms with Crippen molar-refractivity contribution in [2.24, 2.45) is 5.92 Å². The largest absolute Gasteiger partial charge is 0.506 e. The van der Waals surface area contributed by atoms with Crippen molar-refractivity contribution in [3.63, 3.8) is 0 Å². The van der Waals surface area contributed by atoms with Gasteiger partial charge in [0.25, 0.3) is 5.56 Å². The predicted molar refractivity (Wildman–Crippen MR) is 124 cm³/mol. The van der Waals surface area contributed by atoms with E-state index in [4.69, 9.17) is 11.6 Å². The van der Waals surface area contributed by atoms with Crippen molar-refractivity contribution >= 4 is 33.3 Å². The molecule has 0 bridgehead atoms. The summed E-state index contributed by atoms with van der Waals surface area (Å²) in [6.07, 6.45) is 4.42. The Morgan fingerprint density at radius 2 is 1.83 bits per heavy atom. The summed E-state index contributed by atoms with van der Waals surface area (Å²) in [5, 5.41) is 12.9. The molecule has 1 aromatic heterocycles. The average molecular weight is 414 g/mol. The van der Waals surface area contributed by atoms with Crippen LogP contribution in [0, 0.1) is 5.92 Å². The maximum Gasteiger partial charge on any atom is 0.262 e. The molecular formula is C25H32ClNO2. The molecule has 0 aliphatic rings. The number of phenols is 1. The monoisotopic (exact) mass is 413 g/mol. The van der Waals surface area contributed by atoms with E-state index in [1.54, 1.807) is 6.07 Å². The fourth-order valence-corrected chi connectivity index (χ4v) is 4.22. The average Bonchev–Trinajstić information content (AvgIpc) is 2.68. The molecular weight excluding hydrogens is 382 g/mol. The molecule has 0 fully saturated rings. The number of aromatic hydroxyl groups is 1. The number of hydrogen-bond donors (Lipinski definition) is 1. The molecule has 0 saturated carbocycles. The molecule has 2 aromatic carbocycles. The van der Waals surface area contributed by atoms with E-state index in [9.17, 15) is 9.90 Å². The van der Waals surface area contributed by atoms with Gasteiger partial charge in [-0.1, -0.05) is 77.6 Å². The first kappa shape index (κ1) is 21.7. The van der Waals surface area contributed by atoms with Gasteiger partial charge in [0.2, 0.25) is 0 Å². The third kappa shape index (κ3) is 4.16. The van der Waals surface area contributed by atoms with Crippen molar-refractivity contribution in [2.75, 3.05) is 0 Å². The molecule has 156 valence electrons. The van der Waals surface area contributed by atoms with E-state index in [0.717, 1.165) is 42.0 Å². The van der Waals surface area contributed by atoms with Crippen molar-refractivity contribution in [3.8, 4) is 5.75 Å². The van der Waals surface area contributed by atoms with Crippen LogP contribution in [0.3, 0.4) is 0 Å². The lowest BCUT2D eigenvalue weighted by molar-refractivity contribution is 0.392. The van der Waals surface area contributed by atoms with Crippen LogP contribution in [0.1, 0.15) is 65.9 Å². The summed E-state index contributed by atoms with van der Waals surface area (Å²) in [5.41, 5.74) is 1.95. The van der Waals surface area contributed by atoms with Gasteiger partial charge in [-0.3, -0.25) is 4.79 Å². The Labute approximate surface area is 178 Å². The van der Waals surface area contributed by atoms with Gasteiger partial charge in [0.1, 0.15) is 5.75 Å². The first-order valence-electron chi connectivity index (χ1n) is 10.7. The Hall–Kier alpha value is -2.00. The SMILES string of the molecule is CCCCC(CC)Cn1c(=O)c2c(O)c(Cl)ccc2c2cc(C(C)(C)C)ccc21. The molecule has 0 radical (unpaired) electrons. The number of unbranched alkanes of at least 4 members (excludes halogenated alkanes) is 1. The van der Waals surface area contributed by atoms with E-state index in [0.29, 0.717) is 17.8 Å².